The van der Waals surface area contributed by atoms with Gasteiger partial charge in [0.25, 0.3) is 0 Å². The van der Waals surface area contributed by atoms with Crippen molar-refractivity contribution in [3.63, 3.8) is 0 Å². The van der Waals surface area contributed by atoms with Crippen molar-refractivity contribution >= 4 is 65.6 Å². The van der Waals surface area contributed by atoms with Crippen LogP contribution in [0.3, 0.4) is 0 Å². The second-order valence-electron chi connectivity index (χ2n) is 14.9. The number of furan rings is 1. The van der Waals surface area contributed by atoms with Crippen LogP contribution in [-0.2, 0) is 0 Å². The Morgan fingerprint density at radius 3 is 1.49 bits per heavy atom. The largest absolute Gasteiger partial charge is 0.456 e. The van der Waals surface area contributed by atoms with Crippen LogP contribution in [0.2, 0.25) is 0 Å². The lowest BCUT2D eigenvalue weighted by Gasteiger charge is -2.17. The molecule has 57 heavy (non-hydrogen) atoms. The second-order valence-corrected chi connectivity index (χ2v) is 14.9. The van der Waals surface area contributed by atoms with E-state index in [0.717, 1.165) is 38.8 Å². The van der Waals surface area contributed by atoms with Crippen LogP contribution in [0.5, 0.6) is 0 Å². The number of nitrogens with zero attached hydrogens (tertiary/aromatic N) is 2. The quantitative estimate of drug-likeness (QED) is 0.173. The van der Waals surface area contributed by atoms with Crippen molar-refractivity contribution in [3.8, 4) is 44.8 Å². The average Bonchev–Trinajstić information content (AvgIpc) is 3.93. The van der Waals surface area contributed by atoms with Gasteiger partial charge in [-0.3, -0.25) is 0 Å². The highest BCUT2D eigenvalue weighted by Crippen LogP contribution is 2.43. The maximum absolute atomic E-state index is 6.21. The summed E-state index contributed by atoms with van der Waals surface area (Å²) in [5.41, 5.74) is 16.0. The molecule has 3 nitrogen and oxygen atoms in total. The Labute approximate surface area is 328 Å². The molecule has 0 fully saturated rings. The third-order valence-electron chi connectivity index (χ3n) is 11.7. The molecule has 0 N–H and O–H groups in total. The Hall–Kier alpha value is -7.62. The summed E-state index contributed by atoms with van der Waals surface area (Å²) in [6.07, 6.45) is 0. The van der Waals surface area contributed by atoms with E-state index in [1.165, 1.54) is 71.5 Å². The molecule has 0 saturated carbocycles. The summed E-state index contributed by atoms with van der Waals surface area (Å²) in [6, 6.07) is 74.6. The van der Waals surface area contributed by atoms with E-state index in [1.54, 1.807) is 0 Å². The molecule has 3 heteroatoms. The Kier molecular flexibility index (Phi) is 6.93. The van der Waals surface area contributed by atoms with Gasteiger partial charge < -0.3 is 13.6 Å². The van der Waals surface area contributed by atoms with Crippen LogP contribution in [0.4, 0.5) is 0 Å². The topological polar surface area (TPSA) is 23.0 Å². The summed E-state index contributed by atoms with van der Waals surface area (Å²) in [6.45, 7) is 0. The van der Waals surface area contributed by atoms with E-state index in [1.807, 2.05) is 12.1 Å². The average molecular weight is 727 g/mol. The number of benzene rings is 9. The van der Waals surface area contributed by atoms with E-state index >= 15 is 0 Å². The van der Waals surface area contributed by atoms with E-state index < -0.39 is 0 Å². The van der Waals surface area contributed by atoms with Crippen LogP contribution in [-0.4, -0.2) is 9.13 Å². The minimum absolute atomic E-state index is 0.899. The maximum Gasteiger partial charge on any atom is 0.135 e. The van der Waals surface area contributed by atoms with Gasteiger partial charge in [-0.15, -0.1) is 0 Å². The predicted octanol–water partition coefficient (Wildman–Crippen LogP) is 14.8. The Morgan fingerprint density at radius 2 is 0.789 bits per heavy atom. The number of fused-ring (bicyclic) bond motifs is 9. The molecule has 0 atom stereocenters. The normalized spacial score (nSPS) is 11.9. The molecule has 0 radical (unpaired) electrons. The SMILES string of the molecule is c1ccc(-c2cccc(-c3ccccc3)c2-c2ccc3c4ccccc4n(-c4ccc5c(c4)c4ccccc4n5-c4ccc5oc6ccccc6c5c4)c3c2)cc1. The van der Waals surface area contributed by atoms with Gasteiger partial charge in [-0.2, -0.15) is 0 Å². The Balaban J connectivity index is 1.10. The van der Waals surface area contributed by atoms with E-state index in [9.17, 15) is 0 Å². The minimum Gasteiger partial charge on any atom is -0.456 e. The molecule has 0 amide bonds. The molecule has 0 spiro atoms. The Bertz CT molecular complexity index is 3450. The van der Waals surface area contributed by atoms with Gasteiger partial charge in [-0.1, -0.05) is 146 Å². The zero-order valence-electron chi connectivity index (χ0n) is 30.9. The molecule has 12 aromatic rings. The molecular weight excluding hydrogens is 693 g/mol. The first-order valence-corrected chi connectivity index (χ1v) is 19.5. The van der Waals surface area contributed by atoms with Gasteiger partial charge in [0.2, 0.25) is 0 Å². The first kappa shape index (κ1) is 31.7. The van der Waals surface area contributed by atoms with Gasteiger partial charge >= 0.3 is 0 Å². The highest BCUT2D eigenvalue weighted by atomic mass is 16.3. The van der Waals surface area contributed by atoms with Crippen LogP contribution >= 0.6 is 0 Å². The fourth-order valence-corrected chi connectivity index (χ4v) is 9.22. The molecule has 266 valence electrons. The van der Waals surface area contributed by atoms with Crippen LogP contribution in [0.15, 0.2) is 211 Å². The lowest BCUT2D eigenvalue weighted by molar-refractivity contribution is 0.669. The first-order chi connectivity index (χ1) is 28.3. The summed E-state index contributed by atoms with van der Waals surface area (Å²) in [4.78, 5) is 0. The van der Waals surface area contributed by atoms with Crippen molar-refractivity contribution in [1.82, 2.24) is 9.13 Å². The second kappa shape index (κ2) is 12.5. The summed E-state index contributed by atoms with van der Waals surface area (Å²) in [5.74, 6) is 0. The van der Waals surface area contributed by atoms with E-state index in [0.29, 0.717) is 0 Å². The maximum atomic E-state index is 6.21. The van der Waals surface area contributed by atoms with Crippen molar-refractivity contribution in [2.45, 2.75) is 0 Å². The van der Waals surface area contributed by atoms with Crippen molar-refractivity contribution in [2.24, 2.45) is 0 Å². The van der Waals surface area contributed by atoms with Crippen molar-refractivity contribution in [1.29, 1.82) is 0 Å². The van der Waals surface area contributed by atoms with Crippen molar-refractivity contribution in [3.05, 3.63) is 206 Å². The monoisotopic (exact) mass is 726 g/mol. The van der Waals surface area contributed by atoms with Gasteiger partial charge in [-0.05, 0) is 94.0 Å². The third-order valence-corrected chi connectivity index (χ3v) is 11.7. The molecule has 0 aliphatic heterocycles. The smallest absolute Gasteiger partial charge is 0.135 e. The lowest BCUT2D eigenvalue weighted by Crippen LogP contribution is -1.96. The number of hydrogen-bond donors (Lipinski definition) is 0. The molecule has 0 aliphatic rings. The minimum atomic E-state index is 0.899. The summed E-state index contributed by atoms with van der Waals surface area (Å²) in [7, 11) is 0. The van der Waals surface area contributed by atoms with Crippen molar-refractivity contribution < 1.29 is 4.42 Å². The molecule has 9 aromatic carbocycles. The molecular formula is C54H34N2O. The van der Waals surface area contributed by atoms with Crippen LogP contribution in [0.25, 0.3) is 110 Å². The van der Waals surface area contributed by atoms with Gasteiger partial charge in [-0.25, -0.2) is 0 Å². The molecule has 3 heterocycles. The lowest BCUT2D eigenvalue weighted by atomic mass is 9.87. The standard InChI is InChI=1S/C54H34N2O/c1-3-14-35(15-4-1)40-21-13-22-41(36-16-5-2-6-17-36)54(40)37-26-29-44-42-18-7-10-23-48(42)56(51(44)32-37)38-27-30-50-46(33-38)43-19-8-11-24-49(43)55(50)39-28-31-53-47(34-39)45-20-9-12-25-52(45)57-53/h1-34H. The van der Waals surface area contributed by atoms with Crippen LogP contribution in [0, 0.1) is 0 Å². The number of rotatable bonds is 5. The zero-order valence-corrected chi connectivity index (χ0v) is 30.9. The molecule has 0 aliphatic carbocycles. The molecule has 0 saturated heterocycles. The summed E-state index contributed by atoms with van der Waals surface area (Å²) in [5, 5.41) is 7.15. The van der Waals surface area contributed by atoms with Crippen molar-refractivity contribution in [2.75, 3.05) is 0 Å². The molecule has 0 bridgehead atoms. The fraction of sp³-hybridized carbons (Fsp3) is 0. The van der Waals surface area contributed by atoms with E-state index in [4.69, 9.17) is 4.42 Å². The van der Waals surface area contributed by atoms with Gasteiger partial charge in [0.1, 0.15) is 11.2 Å². The molecule has 3 aromatic heterocycles. The van der Waals surface area contributed by atoms with Gasteiger partial charge in [0.15, 0.2) is 0 Å². The summed E-state index contributed by atoms with van der Waals surface area (Å²) < 4.78 is 11.1. The highest BCUT2D eigenvalue weighted by molar-refractivity contribution is 6.14. The third kappa shape index (κ3) is 4.86. The molecule has 12 rings (SSSR count). The first-order valence-electron chi connectivity index (χ1n) is 19.5. The number of aromatic nitrogens is 2. The van der Waals surface area contributed by atoms with E-state index in [-0.39, 0.29) is 0 Å². The van der Waals surface area contributed by atoms with E-state index in [2.05, 4.69) is 203 Å². The predicted molar refractivity (Wildman–Crippen MR) is 239 cm³/mol. The number of para-hydroxylation sites is 3. The fourth-order valence-electron chi connectivity index (χ4n) is 9.22. The van der Waals surface area contributed by atoms with Gasteiger partial charge in [0, 0.05) is 43.7 Å². The van der Waals surface area contributed by atoms with Crippen LogP contribution in [0.1, 0.15) is 0 Å². The van der Waals surface area contributed by atoms with Gasteiger partial charge in [0.05, 0.1) is 22.1 Å². The van der Waals surface area contributed by atoms with Crippen LogP contribution < -0.4 is 0 Å². The zero-order chi connectivity index (χ0) is 37.5. The Morgan fingerprint density at radius 1 is 0.281 bits per heavy atom. The summed E-state index contributed by atoms with van der Waals surface area (Å²) >= 11 is 0. The highest BCUT2D eigenvalue weighted by Gasteiger charge is 2.20. The molecule has 0 unspecified atom stereocenters. The number of hydrogen-bond acceptors (Lipinski definition) is 1.